The van der Waals surface area contributed by atoms with Gasteiger partial charge in [0.15, 0.2) is 17.5 Å². The van der Waals surface area contributed by atoms with Gasteiger partial charge in [-0.2, -0.15) is 0 Å². The topological polar surface area (TPSA) is 64.2 Å². The molecule has 2 heterocycles. The van der Waals surface area contributed by atoms with Crippen LogP contribution in [0.5, 0.6) is 11.5 Å². The van der Waals surface area contributed by atoms with Gasteiger partial charge in [0.2, 0.25) is 6.79 Å². The molecule has 116 valence electrons. The Morgan fingerprint density at radius 2 is 2.09 bits per heavy atom. The van der Waals surface area contributed by atoms with Crippen molar-refractivity contribution in [1.82, 2.24) is 0 Å². The van der Waals surface area contributed by atoms with Crippen LogP contribution in [0.4, 0.5) is 5.69 Å². The first kappa shape index (κ1) is 14.9. The Labute approximate surface area is 133 Å². The Balaban J connectivity index is 1.59. The lowest BCUT2D eigenvalue weighted by Gasteiger charge is -2.15. The largest absolute Gasteiger partial charge is 0.454 e. The fraction of sp³-hybridized carbons (Fsp3) is 0.312. The number of anilines is 1. The highest BCUT2D eigenvalue weighted by Crippen LogP contribution is 2.34. The second-order valence-corrected chi connectivity index (χ2v) is 6.32. The summed E-state index contributed by atoms with van der Waals surface area (Å²) in [4.78, 5) is 13.6. The average Bonchev–Trinajstić information content (AvgIpc) is 3.18. The van der Waals surface area contributed by atoms with Crippen LogP contribution in [-0.2, 0) is 4.79 Å². The van der Waals surface area contributed by atoms with Gasteiger partial charge in [0.05, 0.1) is 4.88 Å². The molecule has 1 amide bonds. The number of quaternary nitrogens is 1. The van der Waals surface area contributed by atoms with E-state index in [4.69, 9.17) is 9.47 Å². The summed E-state index contributed by atoms with van der Waals surface area (Å²) >= 11 is 1.71. The SMILES string of the molecule is C[C@H]([NH2+][C@@H](C)c1cccs1)C(=O)Nc1ccc2c(c1)OCO2. The van der Waals surface area contributed by atoms with Gasteiger partial charge in [0.25, 0.3) is 5.91 Å². The summed E-state index contributed by atoms with van der Waals surface area (Å²) in [6.07, 6.45) is 0. The fourth-order valence-electron chi connectivity index (χ4n) is 2.40. The third-order valence-electron chi connectivity index (χ3n) is 3.62. The van der Waals surface area contributed by atoms with Crippen LogP contribution in [0.3, 0.4) is 0 Å². The number of thiophene rings is 1. The van der Waals surface area contributed by atoms with E-state index in [0.717, 1.165) is 5.69 Å². The molecule has 3 N–H and O–H groups in total. The van der Waals surface area contributed by atoms with Crippen LogP contribution in [0, 0.1) is 0 Å². The van der Waals surface area contributed by atoms with Gasteiger partial charge in [0, 0.05) is 11.8 Å². The van der Waals surface area contributed by atoms with Crippen LogP contribution in [0.25, 0.3) is 0 Å². The fourth-order valence-corrected chi connectivity index (χ4v) is 3.16. The van der Waals surface area contributed by atoms with Crippen LogP contribution in [0.2, 0.25) is 0 Å². The molecule has 0 saturated heterocycles. The molecule has 2 atom stereocenters. The van der Waals surface area contributed by atoms with E-state index in [1.165, 1.54) is 4.88 Å². The number of hydrogen-bond donors (Lipinski definition) is 2. The van der Waals surface area contributed by atoms with Crippen LogP contribution in [0.1, 0.15) is 24.8 Å². The van der Waals surface area contributed by atoms with Gasteiger partial charge in [-0.05, 0) is 37.4 Å². The molecule has 1 aromatic carbocycles. The number of carbonyl (C=O) groups is 1. The zero-order chi connectivity index (χ0) is 15.5. The molecule has 0 fully saturated rings. The molecule has 0 aliphatic carbocycles. The van der Waals surface area contributed by atoms with Crippen LogP contribution >= 0.6 is 11.3 Å². The van der Waals surface area contributed by atoms with Crippen molar-refractivity contribution in [3.63, 3.8) is 0 Å². The summed E-state index contributed by atoms with van der Waals surface area (Å²) in [5.41, 5.74) is 0.721. The average molecular weight is 319 g/mol. The normalized spacial score (nSPS) is 15.4. The predicted molar refractivity (Wildman–Crippen MR) is 85.3 cm³/mol. The molecule has 1 aliphatic rings. The highest BCUT2D eigenvalue weighted by Gasteiger charge is 2.22. The zero-order valence-corrected chi connectivity index (χ0v) is 13.4. The molecular weight excluding hydrogens is 300 g/mol. The standard InChI is InChI=1S/C16H18N2O3S/c1-10(15-4-3-7-22-15)17-11(2)16(19)18-12-5-6-13-14(8-12)21-9-20-13/h3-8,10-11,17H,9H2,1-2H3,(H,18,19)/p+1/t10-,11-/m0/s1. The number of nitrogens with one attached hydrogen (secondary N) is 1. The molecule has 0 saturated carbocycles. The van der Waals surface area contributed by atoms with Crippen molar-refractivity contribution in [2.24, 2.45) is 0 Å². The van der Waals surface area contributed by atoms with Crippen LogP contribution in [-0.4, -0.2) is 18.7 Å². The van der Waals surface area contributed by atoms with E-state index in [1.807, 2.05) is 19.1 Å². The first-order valence-corrected chi connectivity index (χ1v) is 8.10. The molecule has 0 unspecified atom stereocenters. The Morgan fingerprint density at radius 3 is 2.86 bits per heavy atom. The summed E-state index contributed by atoms with van der Waals surface area (Å²) in [5.74, 6) is 1.35. The molecule has 0 bridgehead atoms. The number of rotatable bonds is 5. The van der Waals surface area contributed by atoms with Gasteiger partial charge in [-0.3, -0.25) is 4.79 Å². The lowest BCUT2D eigenvalue weighted by molar-refractivity contribution is -0.709. The molecule has 3 rings (SSSR count). The zero-order valence-electron chi connectivity index (χ0n) is 12.5. The molecule has 6 heteroatoms. The maximum atomic E-state index is 12.3. The van der Waals surface area contributed by atoms with Crippen molar-refractivity contribution in [2.45, 2.75) is 25.9 Å². The number of ether oxygens (including phenoxy) is 2. The van der Waals surface area contributed by atoms with Crippen molar-refractivity contribution < 1.29 is 19.6 Å². The van der Waals surface area contributed by atoms with E-state index in [-0.39, 0.29) is 24.8 Å². The van der Waals surface area contributed by atoms with Gasteiger partial charge in [-0.25, -0.2) is 0 Å². The Bertz CT molecular complexity index is 657. The van der Waals surface area contributed by atoms with Crippen molar-refractivity contribution in [3.05, 3.63) is 40.6 Å². The molecule has 22 heavy (non-hydrogen) atoms. The Kier molecular flexibility index (Phi) is 4.31. The first-order chi connectivity index (χ1) is 10.6. The summed E-state index contributed by atoms with van der Waals surface area (Å²) in [6, 6.07) is 9.62. The Morgan fingerprint density at radius 1 is 1.27 bits per heavy atom. The third-order valence-corrected chi connectivity index (χ3v) is 4.70. The highest BCUT2D eigenvalue weighted by molar-refractivity contribution is 7.10. The van der Waals surface area contributed by atoms with E-state index in [9.17, 15) is 4.79 Å². The van der Waals surface area contributed by atoms with Gasteiger partial charge in [-0.1, -0.05) is 6.07 Å². The molecule has 5 nitrogen and oxygen atoms in total. The maximum Gasteiger partial charge on any atom is 0.282 e. The van der Waals surface area contributed by atoms with E-state index in [1.54, 1.807) is 23.5 Å². The quantitative estimate of drug-likeness (QED) is 0.887. The van der Waals surface area contributed by atoms with Crippen molar-refractivity contribution in [2.75, 3.05) is 12.1 Å². The lowest BCUT2D eigenvalue weighted by Crippen LogP contribution is -2.91. The lowest BCUT2D eigenvalue weighted by atomic mass is 10.2. The smallest absolute Gasteiger partial charge is 0.282 e. The summed E-state index contributed by atoms with van der Waals surface area (Å²) in [6.45, 7) is 4.25. The maximum absolute atomic E-state index is 12.3. The molecule has 1 aromatic heterocycles. The minimum absolute atomic E-state index is 0.0257. The van der Waals surface area contributed by atoms with Crippen molar-refractivity contribution >= 4 is 22.9 Å². The Hall–Kier alpha value is -2.05. The van der Waals surface area contributed by atoms with Crippen LogP contribution in [0.15, 0.2) is 35.7 Å². The number of benzene rings is 1. The van der Waals surface area contributed by atoms with Crippen LogP contribution < -0.4 is 20.1 Å². The first-order valence-electron chi connectivity index (χ1n) is 7.22. The monoisotopic (exact) mass is 319 g/mol. The minimum atomic E-state index is -0.178. The van der Waals surface area contributed by atoms with Crippen molar-refractivity contribution in [3.8, 4) is 11.5 Å². The number of nitrogens with two attached hydrogens (primary N) is 1. The summed E-state index contributed by atoms with van der Waals surface area (Å²) in [7, 11) is 0. The van der Waals surface area contributed by atoms with Gasteiger partial charge in [0.1, 0.15) is 6.04 Å². The van der Waals surface area contributed by atoms with Gasteiger partial charge in [-0.15, -0.1) is 11.3 Å². The van der Waals surface area contributed by atoms with E-state index < -0.39 is 0 Å². The second-order valence-electron chi connectivity index (χ2n) is 5.34. The van der Waals surface area contributed by atoms with Crippen molar-refractivity contribution in [1.29, 1.82) is 0 Å². The summed E-state index contributed by atoms with van der Waals surface area (Å²) < 4.78 is 10.6. The van der Waals surface area contributed by atoms with E-state index in [2.05, 4.69) is 29.0 Å². The number of hydrogen-bond acceptors (Lipinski definition) is 4. The number of fused-ring (bicyclic) bond motifs is 1. The number of carbonyl (C=O) groups excluding carboxylic acids is 1. The summed E-state index contributed by atoms with van der Waals surface area (Å²) in [5, 5.41) is 7.04. The predicted octanol–water partition coefficient (Wildman–Crippen LogP) is 2.13. The molecule has 2 aromatic rings. The van der Waals surface area contributed by atoms with Gasteiger partial charge < -0.3 is 20.1 Å². The molecule has 1 aliphatic heterocycles. The minimum Gasteiger partial charge on any atom is -0.454 e. The second kappa shape index (κ2) is 6.37. The molecule has 0 radical (unpaired) electrons. The number of amides is 1. The van der Waals surface area contributed by atoms with E-state index >= 15 is 0 Å². The molecular formula is C16H19N2O3S+. The molecule has 0 spiro atoms. The third kappa shape index (κ3) is 3.23. The van der Waals surface area contributed by atoms with Gasteiger partial charge >= 0.3 is 0 Å². The highest BCUT2D eigenvalue weighted by atomic mass is 32.1. The van der Waals surface area contributed by atoms with E-state index in [0.29, 0.717) is 11.5 Å².